The molecule has 2 N–H and O–H groups in total. The molecular formula is C25H22N4OS. The third-order valence-corrected chi connectivity index (χ3v) is 5.94. The Kier molecular flexibility index (Phi) is 4.92. The molecule has 2 aromatic carbocycles. The van der Waals surface area contributed by atoms with E-state index >= 15 is 0 Å². The normalized spacial score (nSPS) is 18.2. The van der Waals surface area contributed by atoms with E-state index in [1.54, 1.807) is 12.1 Å². The van der Waals surface area contributed by atoms with Crippen LogP contribution in [0.5, 0.6) is 5.75 Å². The highest BCUT2D eigenvalue weighted by Crippen LogP contribution is 2.42. The molecule has 4 aromatic rings. The molecule has 0 spiro atoms. The van der Waals surface area contributed by atoms with Gasteiger partial charge in [0.05, 0.1) is 11.7 Å². The Morgan fingerprint density at radius 3 is 2.35 bits per heavy atom. The molecule has 1 saturated heterocycles. The van der Waals surface area contributed by atoms with Crippen molar-refractivity contribution in [3.8, 4) is 11.4 Å². The summed E-state index contributed by atoms with van der Waals surface area (Å²) in [7, 11) is 0. The van der Waals surface area contributed by atoms with Gasteiger partial charge in [0.2, 0.25) is 0 Å². The van der Waals surface area contributed by atoms with Crippen LogP contribution in [0.1, 0.15) is 29.0 Å². The first-order chi connectivity index (χ1) is 15.1. The number of aryl methyl sites for hydroxylation is 1. The summed E-state index contributed by atoms with van der Waals surface area (Å²) in [5.74, 6) is 0.244. The molecule has 0 saturated carbocycles. The van der Waals surface area contributed by atoms with Gasteiger partial charge in [-0.1, -0.05) is 23.8 Å². The van der Waals surface area contributed by atoms with Crippen molar-refractivity contribution in [2.75, 3.05) is 4.90 Å². The number of nitrogens with one attached hydrogen (secondary N) is 1. The monoisotopic (exact) mass is 426 g/mol. The molecule has 5 nitrogen and oxygen atoms in total. The summed E-state index contributed by atoms with van der Waals surface area (Å²) >= 11 is 5.81. The predicted octanol–water partition coefficient (Wildman–Crippen LogP) is 5.06. The van der Waals surface area contributed by atoms with Crippen molar-refractivity contribution in [2.24, 2.45) is 0 Å². The molecule has 154 valence electrons. The van der Waals surface area contributed by atoms with E-state index in [9.17, 15) is 5.11 Å². The number of thiocarbonyl (C=S) groups is 1. The van der Waals surface area contributed by atoms with Crippen molar-refractivity contribution in [2.45, 2.75) is 19.0 Å². The average molecular weight is 427 g/mol. The molecule has 5 rings (SSSR count). The lowest BCUT2D eigenvalue weighted by atomic mass is 10.0. The molecule has 3 heterocycles. The smallest absolute Gasteiger partial charge is 0.174 e. The second-order valence-corrected chi connectivity index (χ2v) is 8.04. The molecule has 1 aliphatic rings. The van der Waals surface area contributed by atoms with Gasteiger partial charge in [-0.3, -0.25) is 4.98 Å². The van der Waals surface area contributed by atoms with E-state index in [0.29, 0.717) is 5.11 Å². The fourth-order valence-electron chi connectivity index (χ4n) is 4.12. The molecule has 0 amide bonds. The number of anilines is 1. The number of aromatic hydroxyl groups is 1. The van der Waals surface area contributed by atoms with E-state index < -0.39 is 0 Å². The molecule has 2 atom stereocenters. The van der Waals surface area contributed by atoms with Gasteiger partial charge in [-0.25, -0.2) is 0 Å². The molecule has 31 heavy (non-hydrogen) atoms. The van der Waals surface area contributed by atoms with Crippen molar-refractivity contribution in [1.29, 1.82) is 0 Å². The summed E-state index contributed by atoms with van der Waals surface area (Å²) in [5, 5.41) is 13.9. The van der Waals surface area contributed by atoms with E-state index in [2.05, 4.69) is 57.0 Å². The molecule has 0 unspecified atom stereocenters. The molecule has 0 aliphatic carbocycles. The average Bonchev–Trinajstić information content (AvgIpc) is 3.40. The van der Waals surface area contributed by atoms with E-state index in [0.717, 1.165) is 22.8 Å². The molecule has 1 aliphatic heterocycles. The highest BCUT2D eigenvalue weighted by atomic mass is 32.1. The minimum absolute atomic E-state index is 0.103. The van der Waals surface area contributed by atoms with E-state index in [1.807, 2.05) is 48.8 Å². The maximum Gasteiger partial charge on any atom is 0.174 e. The summed E-state index contributed by atoms with van der Waals surface area (Å²) in [4.78, 5) is 6.79. The Balaban J connectivity index is 1.66. The van der Waals surface area contributed by atoms with Gasteiger partial charge in [0.25, 0.3) is 0 Å². The van der Waals surface area contributed by atoms with Crippen LogP contribution in [0.2, 0.25) is 0 Å². The van der Waals surface area contributed by atoms with Crippen LogP contribution in [0.3, 0.4) is 0 Å². The summed E-state index contributed by atoms with van der Waals surface area (Å²) in [6.07, 6.45) is 3.84. The Hall–Kier alpha value is -3.64. The standard InChI is InChI=1S/C25H22N4OS/c1-17-7-9-19(10-8-17)29-24(23(27-25(29)31)21-5-2-3-15-26-21)22-6-4-16-28(22)18-11-13-20(30)14-12-18/h2-16,23-24,30H,1H3,(H,27,31)/t23-,24+/m0/s1. The first kappa shape index (κ1) is 19.3. The summed E-state index contributed by atoms with van der Waals surface area (Å²) in [6.45, 7) is 2.08. The maximum atomic E-state index is 9.72. The third-order valence-electron chi connectivity index (χ3n) is 5.62. The number of hydrogen-bond donors (Lipinski definition) is 2. The highest BCUT2D eigenvalue weighted by Gasteiger charge is 2.42. The molecule has 0 bridgehead atoms. The first-order valence-electron chi connectivity index (χ1n) is 10.2. The molecular weight excluding hydrogens is 404 g/mol. The minimum atomic E-state index is -0.110. The van der Waals surface area contributed by atoms with Gasteiger partial charge in [0, 0.05) is 29.5 Å². The zero-order valence-corrected chi connectivity index (χ0v) is 17.8. The maximum absolute atomic E-state index is 9.72. The van der Waals surface area contributed by atoms with Crippen LogP contribution in [0, 0.1) is 6.92 Å². The lowest BCUT2D eigenvalue weighted by Gasteiger charge is -2.29. The van der Waals surface area contributed by atoms with Crippen molar-refractivity contribution < 1.29 is 5.11 Å². The van der Waals surface area contributed by atoms with E-state index in [1.165, 1.54) is 5.56 Å². The topological polar surface area (TPSA) is 53.3 Å². The number of benzene rings is 2. The zero-order valence-electron chi connectivity index (χ0n) is 17.0. The quantitative estimate of drug-likeness (QED) is 0.447. The van der Waals surface area contributed by atoms with Gasteiger partial charge in [0.15, 0.2) is 5.11 Å². The fraction of sp³-hybridized carbons (Fsp3) is 0.120. The van der Waals surface area contributed by atoms with Gasteiger partial charge < -0.3 is 19.9 Å². The van der Waals surface area contributed by atoms with Gasteiger partial charge >= 0.3 is 0 Å². The van der Waals surface area contributed by atoms with Crippen LogP contribution in [-0.2, 0) is 0 Å². The largest absolute Gasteiger partial charge is 0.508 e. The summed E-state index contributed by atoms with van der Waals surface area (Å²) in [6, 6.07) is 25.5. The second kappa shape index (κ2) is 7.89. The van der Waals surface area contributed by atoms with Gasteiger partial charge in [-0.15, -0.1) is 0 Å². The second-order valence-electron chi connectivity index (χ2n) is 7.65. The van der Waals surface area contributed by atoms with Crippen LogP contribution < -0.4 is 10.2 Å². The zero-order chi connectivity index (χ0) is 21.4. The Morgan fingerprint density at radius 1 is 0.903 bits per heavy atom. The van der Waals surface area contributed by atoms with Crippen molar-refractivity contribution in [1.82, 2.24) is 14.9 Å². The molecule has 1 fully saturated rings. The van der Waals surface area contributed by atoms with Crippen molar-refractivity contribution >= 4 is 23.0 Å². The highest BCUT2D eigenvalue weighted by molar-refractivity contribution is 7.80. The summed E-state index contributed by atoms with van der Waals surface area (Å²) in [5.41, 5.74) is 5.22. The molecule has 6 heteroatoms. The van der Waals surface area contributed by atoms with E-state index in [-0.39, 0.29) is 17.8 Å². The van der Waals surface area contributed by atoms with Gasteiger partial charge in [0.1, 0.15) is 11.8 Å². The Bertz CT molecular complexity index is 1200. The van der Waals surface area contributed by atoms with Crippen LogP contribution >= 0.6 is 12.2 Å². The van der Waals surface area contributed by atoms with Crippen LogP contribution in [0.25, 0.3) is 5.69 Å². The SMILES string of the molecule is Cc1ccc(N2C(=S)N[C@@H](c3ccccn3)[C@H]2c2cccn2-c2ccc(O)cc2)cc1. The third kappa shape index (κ3) is 3.55. The molecule has 0 radical (unpaired) electrons. The van der Waals surface area contributed by atoms with E-state index in [4.69, 9.17) is 12.2 Å². The first-order valence-corrected chi connectivity index (χ1v) is 10.6. The number of pyridine rings is 1. The number of hydrogen-bond acceptors (Lipinski definition) is 3. The van der Waals surface area contributed by atoms with Crippen LogP contribution in [-0.4, -0.2) is 19.8 Å². The van der Waals surface area contributed by atoms with Gasteiger partial charge in [-0.05, 0) is 79.8 Å². The lowest BCUT2D eigenvalue weighted by Crippen LogP contribution is -2.30. The number of rotatable bonds is 4. The molecule has 2 aromatic heterocycles. The Morgan fingerprint density at radius 2 is 1.65 bits per heavy atom. The summed E-state index contributed by atoms with van der Waals surface area (Å²) < 4.78 is 2.14. The fourth-order valence-corrected chi connectivity index (χ4v) is 4.47. The van der Waals surface area contributed by atoms with Crippen molar-refractivity contribution in [3.05, 3.63) is 108 Å². The predicted molar refractivity (Wildman–Crippen MR) is 127 cm³/mol. The lowest BCUT2D eigenvalue weighted by molar-refractivity contribution is 0.475. The number of aromatic nitrogens is 2. The Labute approximate surface area is 186 Å². The van der Waals surface area contributed by atoms with Crippen LogP contribution in [0.4, 0.5) is 5.69 Å². The van der Waals surface area contributed by atoms with Gasteiger partial charge in [-0.2, -0.15) is 0 Å². The number of phenols is 1. The number of phenolic OH excluding ortho intramolecular Hbond substituents is 1. The van der Waals surface area contributed by atoms with Crippen LogP contribution in [0.15, 0.2) is 91.3 Å². The van der Waals surface area contributed by atoms with Crippen molar-refractivity contribution in [3.63, 3.8) is 0 Å². The minimum Gasteiger partial charge on any atom is -0.508 e. The number of nitrogens with zero attached hydrogens (tertiary/aromatic N) is 3.